The number of aromatic nitrogens is 1. The number of nitrogens with zero attached hydrogens (tertiary/aromatic N) is 2. The maximum Gasteiger partial charge on any atom is 0.320 e. The number of rotatable bonds is 6. The summed E-state index contributed by atoms with van der Waals surface area (Å²) >= 11 is 6.25. The Bertz CT molecular complexity index is 739. The van der Waals surface area contributed by atoms with Crippen LogP contribution in [0.5, 0.6) is 5.75 Å². The van der Waals surface area contributed by atoms with Gasteiger partial charge in [-0.1, -0.05) is 17.7 Å². The summed E-state index contributed by atoms with van der Waals surface area (Å²) in [5, 5.41) is 10.2. The SMILES string of the molecule is CCOc1ccc(Cl)cc1C(c1cccnc1)N1CCCC1C(=O)O. The van der Waals surface area contributed by atoms with E-state index in [1.807, 2.05) is 36.1 Å². The fraction of sp³-hybridized carbons (Fsp3) is 0.368. The van der Waals surface area contributed by atoms with E-state index in [9.17, 15) is 9.90 Å². The molecule has 3 rings (SSSR count). The standard InChI is InChI=1S/C19H21ClN2O3/c1-2-25-17-8-7-14(20)11-15(17)18(13-5-3-9-21-12-13)22-10-4-6-16(22)19(23)24/h3,5,7-9,11-12,16,18H,2,4,6,10H2,1H3,(H,23,24). The normalized spacial score (nSPS) is 18.9. The van der Waals surface area contributed by atoms with E-state index < -0.39 is 12.0 Å². The number of aliphatic carboxylic acids is 1. The molecule has 1 aromatic carbocycles. The average molecular weight is 361 g/mol. The van der Waals surface area contributed by atoms with Crippen molar-refractivity contribution in [1.82, 2.24) is 9.88 Å². The molecule has 0 saturated carbocycles. The van der Waals surface area contributed by atoms with Crippen LogP contribution in [0.4, 0.5) is 0 Å². The maximum absolute atomic E-state index is 11.7. The number of hydrogen-bond donors (Lipinski definition) is 1. The molecule has 1 fully saturated rings. The van der Waals surface area contributed by atoms with Crippen LogP contribution in [0.2, 0.25) is 5.02 Å². The van der Waals surface area contributed by atoms with E-state index in [1.165, 1.54) is 0 Å². The summed E-state index contributed by atoms with van der Waals surface area (Å²) in [6.07, 6.45) is 4.97. The maximum atomic E-state index is 11.7. The van der Waals surface area contributed by atoms with Gasteiger partial charge in [-0.3, -0.25) is 14.7 Å². The number of pyridine rings is 1. The van der Waals surface area contributed by atoms with Crippen LogP contribution in [-0.4, -0.2) is 40.2 Å². The van der Waals surface area contributed by atoms with Gasteiger partial charge in [-0.2, -0.15) is 0 Å². The fourth-order valence-electron chi connectivity index (χ4n) is 3.47. The van der Waals surface area contributed by atoms with Crippen LogP contribution in [0, 0.1) is 0 Å². The van der Waals surface area contributed by atoms with E-state index >= 15 is 0 Å². The Morgan fingerprint density at radius 2 is 2.32 bits per heavy atom. The molecule has 2 unspecified atom stereocenters. The molecule has 0 spiro atoms. The van der Waals surface area contributed by atoms with Gasteiger partial charge in [0.05, 0.1) is 12.6 Å². The predicted octanol–water partition coefficient (Wildman–Crippen LogP) is 3.77. The van der Waals surface area contributed by atoms with Crippen molar-refractivity contribution in [2.24, 2.45) is 0 Å². The molecule has 2 heterocycles. The molecular formula is C19H21ClN2O3. The first-order valence-corrected chi connectivity index (χ1v) is 8.80. The van der Waals surface area contributed by atoms with Crippen molar-refractivity contribution >= 4 is 17.6 Å². The molecule has 1 aliphatic heterocycles. The molecule has 0 aliphatic carbocycles. The van der Waals surface area contributed by atoms with Crippen molar-refractivity contribution in [1.29, 1.82) is 0 Å². The summed E-state index contributed by atoms with van der Waals surface area (Å²) < 4.78 is 5.80. The Morgan fingerprint density at radius 3 is 3.00 bits per heavy atom. The lowest BCUT2D eigenvalue weighted by Crippen LogP contribution is -2.39. The number of carboxylic acids is 1. The predicted molar refractivity (Wildman–Crippen MR) is 96.1 cm³/mol. The minimum atomic E-state index is -0.800. The summed E-state index contributed by atoms with van der Waals surface area (Å²) in [6.45, 7) is 3.15. The first kappa shape index (κ1) is 17.7. The third kappa shape index (κ3) is 3.78. The minimum absolute atomic E-state index is 0.266. The van der Waals surface area contributed by atoms with Gasteiger partial charge in [-0.15, -0.1) is 0 Å². The molecule has 1 aliphatic rings. The van der Waals surface area contributed by atoms with E-state index in [1.54, 1.807) is 18.5 Å². The molecule has 132 valence electrons. The Hall–Kier alpha value is -2.11. The molecule has 2 atom stereocenters. The first-order valence-electron chi connectivity index (χ1n) is 8.42. The van der Waals surface area contributed by atoms with Gasteiger partial charge in [0, 0.05) is 29.5 Å². The number of carbonyl (C=O) groups is 1. The largest absolute Gasteiger partial charge is 0.494 e. The van der Waals surface area contributed by atoms with Crippen molar-refractivity contribution in [3.05, 3.63) is 58.9 Å². The van der Waals surface area contributed by atoms with Crippen LogP contribution in [0.15, 0.2) is 42.7 Å². The number of hydrogen-bond acceptors (Lipinski definition) is 4. The number of benzene rings is 1. The van der Waals surface area contributed by atoms with Crippen LogP contribution in [0.25, 0.3) is 0 Å². The van der Waals surface area contributed by atoms with Crippen LogP contribution >= 0.6 is 11.6 Å². The number of carboxylic acid groups (broad SMARTS) is 1. The summed E-state index contributed by atoms with van der Waals surface area (Å²) in [4.78, 5) is 18.0. The van der Waals surface area contributed by atoms with Gasteiger partial charge in [0.25, 0.3) is 0 Å². The van der Waals surface area contributed by atoms with Gasteiger partial charge in [0.2, 0.25) is 0 Å². The Kier molecular flexibility index (Phi) is 5.56. The topological polar surface area (TPSA) is 62.7 Å². The van der Waals surface area contributed by atoms with E-state index in [-0.39, 0.29) is 6.04 Å². The highest BCUT2D eigenvalue weighted by molar-refractivity contribution is 6.30. The van der Waals surface area contributed by atoms with Crippen molar-refractivity contribution in [3.63, 3.8) is 0 Å². The Balaban J connectivity index is 2.12. The molecule has 0 bridgehead atoms. The van der Waals surface area contributed by atoms with E-state index in [0.717, 1.165) is 23.3 Å². The molecule has 0 radical (unpaired) electrons. The highest BCUT2D eigenvalue weighted by Gasteiger charge is 2.38. The third-order valence-corrected chi connectivity index (χ3v) is 4.71. The van der Waals surface area contributed by atoms with Crippen molar-refractivity contribution in [2.45, 2.75) is 31.8 Å². The highest BCUT2D eigenvalue weighted by atomic mass is 35.5. The molecule has 1 saturated heterocycles. The van der Waals surface area contributed by atoms with Crippen molar-refractivity contribution in [3.8, 4) is 5.75 Å². The summed E-state index contributed by atoms with van der Waals surface area (Å²) in [5.74, 6) is -0.0804. The quantitative estimate of drug-likeness (QED) is 0.849. The summed E-state index contributed by atoms with van der Waals surface area (Å²) in [7, 11) is 0. The second-order valence-corrected chi connectivity index (χ2v) is 6.47. The van der Waals surface area contributed by atoms with Gasteiger partial charge in [0.1, 0.15) is 11.8 Å². The van der Waals surface area contributed by atoms with E-state index in [0.29, 0.717) is 24.6 Å². The molecule has 1 aromatic heterocycles. The van der Waals surface area contributed by atoms with Crippen molar-refractivity contribution in [2.75, 3.05) is 13.2 Å². The number of likely N-dealkylation sites (tertiary alicyclic amines) is 1. The lowest BCUT2D eigenvalue weighted by molar-refractivity contribution is -0.142. The molecule has 0 amide bonds. The number of halogens is 1. The van der Waals surface area contributed by atoms with Crippen molar-refractivity contribution < 1.29 is 14.6 Å². The minimum Gasteiger partial charge on any atom is -0.494 e. The lowest BCUT2D eigenvalue weighted by Gasteiger charge is -2.32. The molecule has 5 nitrogen and oxygen atoms in total. The average Bonchev–Trinajstić information content (AvgIpc) is 3.08. The Labute approximate surface area is 152 Å². The summed E-state index contributed by atoms with van der Waals surface area (Å²) in [5.41, 5.74) is 1.80. The smallest absolute Gasteiger partial charge is 0.320 e. The van der Waals surface area contributed by atoms with Gasteiger partial charge in [-0.05, 0) is 49.6 Å². The van der Waals surface area contributed by atoms with Gasteiger partial charge in [-0.25, -0.2) is 0 Å². The highest BCUT2D eigenvalue weighted by Crippen LogP contribution is 2.39. The van der Waals surface area contributed by atoms with Crippen LogP contribution in [0.3, 0.4) is 0 Å². The zero-order valence-electron chi connectivity index (χ0n) is 14.1. The van der Waals surface area contributed by atoms with E-state index in [2.05, 4.69) is 4.98 Å². The van der Waals surface area contributed by atoms with E-state index in [4.69, 9.17) is 16.3 Å². The zero-order valence-corrected chi connectivity index (χ0v) is 14.8. The Morgan fingerprint density at radius 1 is 1.48 bits per heavy atom. The lowest BCUT2D eigenvalue weighted by atomic mass is 9.96. The molecule has 6 heteroatoms. The second kappa shape index (κ2) is 7.85. The van der Waals surface area contributed by atoms with Gasteiger partial charge < -0.3 is 9.84 Å². The molecule has 1 N–H and O–H groups in total. The monoisotopic (exact) mass is 360 g/mol. The second-order valence-electron chi connectivity index (χ2n) is 6.04. The molecule has 25 heavy (non-hydrogen) atoms. The fourth-order valence-corrected chi connectivity index (χ4v) is 3.65. The number of ether oxygens (including phenoxy) is 1. The zero-order chi connectivity index (χ0) is 17.8. The molecule has 2 aromatic rings. The van der Waals surface area contributed by atoms with Crippen LogP contribution in [0.1, 0.15) is 36.9 Å². The van der Waals surface area contributed by atoms with Gasteiger partial charge in [0.15, 0.2) is 0 Å². The van der Waals surface area contributed by atoms with Crippen LogP contribution < -0.4 is 4.74 Å². The molecular weight excluding hydrogens is 340 g/mol. The summed E-state index contributed by atoms with van der Waals surface area (Å²) in [6, 6.07) is 8.52. The van der Waals surface area contributed by atoms with Gasteiger partial charge >= 0.3 is 5.97 Å². The third-order valence-electron chi connectivity index (χ3n) is 4.48. The first-order chi connectivity index (χ1) is 12.1. The van der Waals surface area contributed by atoms with Crippen LogP contribution in [-0.2, 0) is 4.79 Å².